The first kappa shape index (κ1) is 15.2. The molecule has 1 heterocycles. The summed E-state index contributed by atoms with van der Waals surface area (Å²) in [5.41, 5.74) is 0.945. The Morgan fingerprint density at radius 1 is 1.25 bits per heavy atom. The number of methoxy groups -OCH3 is 2. The van der Waals surface area contributed by atoms with Crippen LogP contribution in [0.2, 0.25) is 0 Å². The van der Waals surface area contributed by atoms with Crippen LogP contribution in [0.25, 0.3) is 0 Å². The van der Waals surface area contributed by atoms with Gasteiger partial charge < -0.3 is 9.47 Å². The Balaban J connectivity index is 2.05. The maximum Gasteiger partial charge on any atom is 0.345 e. The van der Waals surface area contributed by atoms with Crippen LogP contribution in [0, 0.1) is 0 Å². The van der Waals surface area contributed by atoms with Gasteiger partial charge in [0.15, 0.2) is 0 Å². The fourth-order valence-electron chi connectivity index (χ4n) is 1.47. The van der Waals surface area contributed by atoms with Gasteiger partial charge in [0, 0.05) is 4.86 Å². The van der Waals surface area contributed by atoms with Crippen molar-refractivity contribution < 1.29 is 14.3 Å². The molecule has 0 spiro atoms. The van der Waals surface area contributed by atoms with E-state index in [0.717, 1.165) is 20.4 Å². The van der Waals surface area contributed by atoms with E-state index in [1.54, 1.807) is 12.5 Å². The number of hydrogen-bond acceptors (Lipinski definition) is 6. The van der Waals surface area contributed by atoms with Crippen LogP contribution in [0.1, 0.15) is 5.56 Å². The van der Waals surface area contributed by atoms with Crippen molar-refractivity contribution in [1.29, 1.82) is 0 Å². The van der Waals surface area contributed by atoms with Gasteiger partial charge in [0.05, 0.1) is 18.5 Å². The van der Waals surface area contributed by atoms with E-state index in [1.807, 2.05) is 30.3 Å². The Bertz CT molecular complexity index is 588. The minimum Gasteiger partial charge on any atom is -0.497 e. The summed E-state index contributed by atoms with van der Waals surface area (Å²) >= 11 is 8.23. The van der Waals surface area contributed by atoms with Gasteiger partial charge in [-0.15, -0.1) is 0 Å². The van der Waals surface area contributed by atoms with E-state index >= 15 is 0 Å². The Hall–Kier alpha value is -1.24. The lowest BCUT2D eigenvalue weighted by atomic mass is 10.1. The smallest absolute Gasteiger partial charge is 0.345 e. The standard InChI is InChI=1S/C14H12O3S3/c1-16-10-5-3-9(4-6-10)11(18)7-13-19-8-12(20-13)14(15)17-2/h3-8H,1-2H3. The number of allylic oxidation sites excluding steroid dienone is 1. The van der Waals surface area contributed by atoms with Crippen molar-refractivity contribution in [3.63, 3.8) is 0 Å². The number of thiocarbonyl (C=S) groups is 1. The first-order chi connectivity index (χ1) is 9.63. The molecule has 20 heavy (non-hydrogen) atoms. The minimum atomic E-state index is -0.318. The summed E-state index contributed by atoms with van der Waals surface area (Å²) in [6.45, 7) is 0. The number of hydrogen-bond donors (Lipinski definition) is 0. The molecule has 0 radical (unpaired) electrons. The topological polar surface area (TPSA) is 35.5 Å². The molecule has 0 aliphatic carbocycles. The van der Waals surface area contributed by atoms with Gasteiger partial charge in [0.1, 0.15) is 10.7 Å². The highest BCUT2D eigenvalue weighted by Crippen LogP contribution is 2.44. The number of benzene rings is 1. The van der Waals surface area contributed by atoms with Crippen LogP contribution in [-0.4, -0.2) is 25.1 Å². The van der Waals surface area contributed by atoms with Crippen LogP contribution in [0.3, 0.4) is 0 Å². The monoisotopic (exact) mass is 324 g/mol. The second-order valence-corrected chi connectivity index (χ2v) is 6.44. The summed E-state index contributed by atoms with van der Waals surface area (Å²) in [5, 5.41) is 1.78. The molecule has 0 unspecified atom stereocenters. The SMILES string of the molecule is COC(=O)C1=CSC(=CC(=S)c2ccc(OC)cc2)S1. The molecule has 0 fully saturated rings. The third kappa shape index (κ3) is 3.65. The van der Waals surface area contributed by atoms with E-state index in [2.05, 4.69) is 4.74 Å². The van der Waals surface area contributed by atoms with Gasteiger partial charge in [-0.1, -0.05) is 35.7 Å². The van der Waals surface area contributed by atoms with Gasteiger partial charge in [-0.05, 0) is 41.3 Å². The normalized spacial score (nSPS) is 15.9. The van der Waals surface area contributed by atoms with Crippen molar-refractivity contribution in [3.05, 3.63) is 50.5 Å². The van der Waals surface area contributed by atoms with Gasteiger partial charge in [0.2, 0.25) is 0 Å². The van der Waals surface area contributed by atoms with Crippen LogP contribution in [0.15, 0.2) is 44.9 Å². The minimum absolute atomic E-state index is 0.318. The van der Waals surface area contributed by atoms with Crippen molar-refractivity contribution in [2.24, 2.45) is 0 Å². The van der Waals surface area contributed by atoms with Crippen molar-refractivity contribution in [2.75, 3.05) is 14.2 Å². The molecule has 0 saturated heterocycles. The molecule has 1 aromatic carbocycles. The Morgan fingerprint density at radius 3 is 2.55 bits per heavy atom. The van der Waals surface area contributed by atoms with Crippen LogP contribution in [0.5, 0.6) is 5.75 Å². The highest BCUT2D eigenvalue weighted by molar-refractivity contribution is 8.28. The predicted octanol–water partition coefficient (Wildman–Crippen LogP) is 3.75. The molecule has 1 aromatic rings. The van der Waals surface area contributed by atoms with Crippen molar-refractivity contribution in [2.45, 2.75) is 0 Å². The zero-order chi connectivity index (χ0) is 14.5. The molecular weight excluding hydrogens is 312 g/mol. The third-order valence-corrected chi connectivity index (χ3v) is 5.07. The van der Waals surface area contributed by atoms with Crippen LogP contribution in [0.4, 0.5) is 0 Å². The Morgan fingerprint density at radius 2 is 1.95 bits per heavy atom. The molecule has 2 rings (SSSR count). The molecule has 0 N–H and O–H groups in total. The summed E-state index contributed by atoms with van der Waals surface area (Å²) < 4.78 is 10.8. The van der Waals surface area contributed by atoms with Crippen molar-refractivity contribution in [1.82, 2.24) is 0 Å². The largest absolute Gasteiger partial charge is 0.497 e. The molecule has 0 amide bonds. The average molecular weight is 324 g/mol. The molecule has 0 aromatic heterocycles. The second kappa shape index (κ2) is 6.97. The lowest BCUT2D eigenvalue weighted by molar-refractivity contribution is -0.135. The van der Waals surface area contributed by atoms with Crippen molar-refractivity contribution >= 4 is 46.6 Å². The molecular formula is C14H12O3S3. The fraction of sp³-hybridized carbons (Fsp3) is 0.143. The van der Waals surface area contributed by atoms with Crippen LogP contribution >= 0.6 is 35.7 Å². The first-order valence-electron chi connectivity index (χ1n) is 5.67. The maximum atomic E-state index is 11.4. The average Bonchev–Trinajstić information content (AvgIpc) is 2.95. The quantitative estimate of drug-likeness (QED) is 0.363. The van der Waals surface area contributed by atoms with Gasteiger partial charge in [-0.2, -0.15) is 0 Å². The van der Waals surface area contributed by atoms with E-state index in [9.17, 15) is 4.79 Å². The van der Waals surface area contributed by atoms with E-state index in [1.165, 1.54) is 30.6 Å². The molecule has 0 atom stereocenters. The third-order valence-electron chi connectivity index (χ3n) is 2.50. The highest BCUT2D eigenvalue weighted by Gasteiger charge is 2.19. The summed E-state index contributed by atoms with van der Waals surface area (Å²) in [5.74, 6) is 0.477. The van der Waals surface area contributed by atoms with Gasteiger partial charge in [0.25, 0.3) is 0 Å². The van der Waals surface area contributed by atoms with E-state index in [-0.39, 0.29) is 5.97 Å². The second-order valence-electron chi connectivity index (χ2n) is 3.75. The summed E-state index contributed by atoms with van der Waals surface area (Å²) in [7, 11) is 3.00. The Labute approximate surface area is 131 Å². The van der Waals surface area contributed by atoms with E-state index in [0.29, 0.717) is 4.91 Å². The van der Waals surface area contributed by atoms with Crippen molar-refractivity contribution in [3.8, 4) is 5.75 Å². The number of ether oxygens (including phenoxy) is 2. The number of esters is 1. The number of carbonyl (C=O) groups is 1. The number of thioether (sulfide) groups is 2. The first-order valence-corrected chi connectivity index (χ1v) is 7.77. The zero-order valence-corrected chi connectivity index (χ0v) is 13.4. The van der Waals surface area contributed by atoms with Gasteiger partial charge in [-0.3, -0.25) is 0 Å². The number of rotatable bonds is 4. The molecule has 3 nitrogen and oxygen atoms in total. The fourth-order valence-corrected chi connectivity index (χ4v) is 3.88. The molecule has 104 valence electrons. The predicted molar refractivity (Wildman–Crippen MR) is 88.1 cm³/mol. The van der Waals surface area contributed by atoms with Gasteiger partial charge >= 0.3 is 5.97 Å². The van der Waals surface area contributed by atoms with Crippen LogP contribution in [-0.2, 0) is 9.53 Å². The molecule has 1 aliphatic heterocycles. The summed E-state index contributed by atoms with van der Waals surface area (Å²) in [6.07, 6.45) is 1.89. The zero-order valence-electron chi connectivity index (χ0n) is 10.9. The van der Waals surface area contributed by atoms with E-state index < -0.39 is 0 Å². The summed E-state index contributed by atoms with van der Waals surface area (Å²) in [4.78, 5) is 12.7. The van der Waals surface area contributed by atoms with E-state index in [4.69, 9.17) is 17.0 Å². The highest BCUT2D eigenvalue weighted by atomic mass is 32.2. The maximum absolute atomic E-state index is 11.4. The lowest BCUT2D eigenvalue weighted by Crippen LogP contribution is -1.99. The lowest BCUT2D eigenvalue weighted by Gasteiger charge is -2.03. The van der Waals surface area contributed by atoms with Crippen LogP contribution < -0.4 is 4.74 Å². The molecule has 0 saturated carbocycles. The summed E-state index contributed by atoms with van der Waals surface area (Å²) in [6, 6.07) is 7.56. The molecule has 1 aliphatic rings. The molecule has 6 heteroatoms. The van der Waals surface area contributed by atoms with Gasteiger partial charge in [-0.25, -0.2) is 4.79 Å². The number of carbonyl (C=O) groups excluding carboxylic acids is 1. The Kier molecular flexibility index (Phi) is 5.28. The molecule has 0 bridgehead atoms.